The molecule has 0 bridgehead atoms. The molecule has 23 heavy (non-hydrogen) atoms. The summed E-state index contributed by atoms with van der Waals surface area (Å²) >= 11 is 9.35. The molecule has 0 saturated heterocycles. The predicted molar refractivity (Wildman–Crippen MR) is 94.8 cm³/mol. The third-order valence-corrected chi connectivity index (χ3v) is 4.37. The van der Waals surface area contributed by atoms with Crippen LogP contribution in [0, 0.1) is 0 Å². The highest BCUT2D eigenvalue weighted by molar-refractivity contribution is 9.10. The minimum atomic E-state index is -1.10. The van der Waals surface area contributed by atoms with E-state index in [1.165, 1.54) is 12.1 Å². The van der Waals surface area contributed by atoms with Crippen LogP contribution in [0.4, 0.5) is 5.69 Å². The van der Waals surface area contributed by atoms with Crippen molar-refractivity contribution >= 4 is 50.7 Å². The van der Waals surface area contributed by atoms with Gasteiger partial charge in [-0.3, -0.25) is 4.79 Å². The number of nitrogens with one attached hydrogen (secondary N) is 1. The summed E-state index contributed by atoms with van der Waals surface area (Å²) < 4.78 is 0.774. The molecule has 2 rings (SSSR count). The van der Waals surface area contributed by atoms with Gasteiger partial charge in [0.05, 0.1) is 16.3 Å². The molecule has 2 N–H and O–H groups in total. The highest BCUT2D eigenvalue weighted by Crippen LogP contribution is 2.26. The number of carboxylic acid groups (broad SMARTS) is 1. The van der Waals surface area contributed by atoms with Crippen LogP contribution in [0.2, 0.25) is 5.02 Å². The van der Waals surface area contributed by atoms with Crippen molar-refractivity contribution in [2.75, 3.05) is 5.32 Å². The molecule has 0 aromatic heterocycles. The van der Waals surface area contributed by atoms with Gasteiger partial charge >= 0.3 is 5.97 Å². The van der Waals surface area contributed by atoms with E-state index < -0.39 is 11.9 Å². The Morgan fingerprint density at radius 2 is 1.91 bits per heavy atom. The van der Waals surface area contributed by atoms with Crippen LogP contribution in [0.3, 0.4) is 0 Å². The van der Waals surface area contributed by atoms with Crippen molar-refractivity contribution in [2.45, 2.75) is 6.92 Å². The molecule has 0 aliphatic rings. The molecule has 1 amide bonds. The lowest BCUT2D eigenvalue weighted by atomic mass is 10.1. The number of halogens is 2. The second-order valence-electron chi connectivity index (χ2n) is 4.80. The number of rotatable bonds is 4. The summed E-state index contributed by atoms with van der Waals surface area (Å²) in [4.78, 5) is 23.2. The van der Waals surface area contributed by atoms with Crippen LogP contribution in [0.25, 0.3) is 5.57 Å². The first-order valence-corrected chi connectivity index (χ1v) is 7.82. The summed E-state index contributed by atoms with van der Waals surface area (Å²) in [6.45, 7) is 1.78. The smallest absolute Gasteiger partial charge is 0.337 e. The van der Waals surface area contributed by atoms with Crippen molar-refractivity contribution in [2.24, 2.45) is 0 Å². The molecule has 2 aromatic carbocycles. The van der Waals surface area contributed by atoms with Gasteiger partial charge in [-0.1, -0.05) is 29.8 Å². The molecular formula is C17H13BrClNO3. The normalized spacial score (nSPS) is 11.2. The Hall–Kier alpha value is -2.11. The molecule has 2 aromatic rings. The number of allylic oxidation sites excluding steroid dienone is 1. The summed E-state index contributed by atoms with van der Waals surface area (Å²) in [5, 5.41) is 12.2. The maximum Gasteiger partial charge on any atom is 0.337 e. The van der Waals surface area contributed by atoms with E-state index in [1.54, 1.807) is 37.3 Å². The maximum absolute atomic E-state index is 12.1. The lowest BCUT2D eigenvalue weighted by molar-refractivity contribution is -0.111. The van der Waals surface area contributed by atoms with Crippen molar-refractivity contribution in [3.8, 4) is 0 Å². The number of aromatic carboxylic acids is 1. The third-order valence-electron chi connectivity index (χ3n) is 3.14. The zero-order chi connectivity index (χ0) is 17.0. The SMILES string of the molecule is C/C(=C/C(=O)Nc1ccccc1C(=O)O)c1ccc(Br)c(Cl)c1. The number of anilines is 1. The van der Waals surface area contributed by atoms with Crippen LogP contribution in [-0.2, 0) is 4.79 Å². The van der Waals surface area contributed by atoms with Gasteiger partial charge in [-0.15, -0.1) is 0 Å². The molecule has 0 spiro atoms. The Balaban J connectivity index is 2.21. The molecule has 0 aliphatic heterocycles. The second-order valence-corrected chi connectivity index (χ2v) is 6.06. The first-order valence-electron chi connectivity index (χ1n) is 6.65. The van der Waals surface area contributed by atoms with E-state index in [2.05, 4.69) is 21.2 Å². The third kappa shape index (κ3) is 4.43. The number of carbonyl (C=O) groups is 2. The fourth-order valence-electron chi connectivity index (χ4n) is 1.97. The fraction of sp³-hybridized carbons (Fsp3) is 0.0588. The fourth-order valence-corrected chi connectivity index (χ4v) is 2.40. The van der Waals surface area contributed by atoms with Crippen molar-refractivity contribution in [1.29, 1.82) is 0 Å². The molecule has 0 aliphatic carbocycles. The maximum atomic E-state index is 12.1. The van der Waals surface area contributed by atoms with Gasteiger partial charge in [0.2, 0.25) is 5.91 Å². The van der Waals surface area contributed by atoms with Gasteiger partial charge in [-0.2, -0.15) is 0 Å². The topological polar surface area (TPSA) is 66.4 Å². The molecule has 0 atom stereocenters. The van der Waals surface area contributed by atoms with Crippen molar-refractivity contribution < 1.29 is 14.7 Å². The van der Waals surface area contributed by atoms with Gasteiger partial charge in [-0.25, -0.2) is 4.79 Å². The summed E-state index contributed by atoms with van der Waals surface area (Å²) in [6, 6.07) is 11.6. The average Bonchev–Trinajstić information content (AvgIpc) is 2.50. The first-order chi connectivity index (χ1) is 10.9. The van der Waals surface area contributed by atoms with E-state index >= 15 is 0 Å². The van der Waals surface area contributed by atoms with Gasteiger partial charge in [0, 0.05) is 10.5 Å². The Morgan fingerprint density at radius 3 is 2.57 bits per heavy atom. The van der Waals surface area contributed by atoms with Crippen LogP contribution >= 0.6 is 27.5 Å². The summed E-state index contributed by atoms with van der Waals surface area (Å²) in [7, 11) is 0. The molecule has 0 heterocycles. The second kappa shape index (κ2) is 7.44. The van der Waals surface area contributed by atoms with Crippen LogP contribution in [0.1, 0.15) is 22.8 Å². The molecule has 6 heteroatoms. The van der Waals surface area contributed by atoms with Crippen molar-refractivity contribution in [3.63, 3.8) is 0 Å². The molecule has 4 nitrogen and oxygen atoms in total. The van der Waals surface area contributed by atoms with Gasteiger partial charge in [0.25, 0.3) is 0 Å². The molecule has 118 valence electrons. The summed E-state index contributed by atoms with van der Waals surface area (Å²) in [5.41, 5.74) is 1.81. The van der Waals surface area contributed by atoms with E-state index in [-0.39, 0.29) is 11.3 Å². The molecule has 0 saturated carbocycles. The van der Waals surface area contributed by atoms with E-state index in [1.807, 2.05) is 6.07 Å². The standard InChI is InChI=1S/C17H13BrClNO3/c1-10(11-6-7-13(18)14(19)9-11)8-16(21)20-15-5-3-2-4-12(15)17(22)23/h2-9H,1H3,(H,20,21)(H,22,23)/b10-8-. The Labute approximate surface area is 146 Å². The number of para-hydroxylation sites is 1. The van der Waals surface area contributed by atoms with Gasteiger partial charge in [0.15, 0.2) is 0 Å². The number of hydrogen-bond acceptors (Lipinski definition) is 2. The Bertz CT molecular complexity index is 802. The Kier molecular flexibility index (Phi) is 5.58. The highest BCUT2D eigenvalue weighted by atomic mass is 79.9. The van der Waals surface area contributed by atoms with Gasteiger partial charge in [0.1, 0.15) is 0 Å². The number of amides is 1. The number of carbonyl (C=O) groups excluding carboxylic acids is 1. The zero-order valence-electron chi connectivity index (χ0n) is 12.1. The molecule has 0 fully saturated rings. The Morgan fingerprint density at radius 1 is 1.22 bits per heavy atom. The molecule has 0 radical (unpaired) electrons. The minimum absolute atomic E-state index is 0.0404. The van der Waals surface area contributed by atoms with Crippen molar-refractivity contribution in [3.05, 3.63) is 69.2 Å². The zero-order valence-corrected chi connectivity index (χ0v) is 14.5. The molecule has 0 unspecified atom stereocenters. The minimum Gasteiger partial charge on any atom is -0.478 e. The summed E-state index contributed by atoms with van der Waals surface area (Å²) in [6.07, 6.45) is 1.40. The first kappa shape index (κ1) is 17.2. The van der Waals surface area contributed by atoms with E-state index in [0.717, 1.165) is 10.0 Å². The van der Waals surface area contributed by atoms with E-state index in [4.69, 9.17) is 16.7 Å². The predicted octanol–water partition coefficient (Wildman–Crippen LogP) is 4.84. The monoisotopic (exact) mass is 393 g/mol. The average molecular weight is 395 g/mol. The number of hydrogen-bond donors (Lipinski definition) is 2. The lowest BCUT2D eigenvalue weighted by Gasteiger charge is -2.07. The number of carboxylic acids is 1. The highest BCUT2D eigenvalue weighted by Gasteiger charge is 2.11. The summed E-state index contributed by atoms with van der Waals surface area (Å²) in [5.74, 6) is -1.50. The molecular weight excluding hydrogens is 382 g/mol. The largest absolute Gasteiger partial charge is 0.478 e. The van der Waals surface area contributed by atoms with Crippen LogP contribution in [0.5, 0.6) is 0 Å². The quantitative estimate of drug-likeness (QED) is 0.729. The van der Waals surface area contributed by atoms with Crippen LogP contribution in [-0.4, -0.2) is 17.0 Å². The van der Waals surface area contributed by atoms with E-state index in [9.17, 15) is 9.59 Å². The van der Waals surface area contributed by atoms with Gasteiger partial charge in [-0.05, 0) is 58.3 Å². The van der Waals surface area contributed by atoms with Crippen LogP contribution < -0.4 is 5.32 Å². The van der Waals surface area contributed by atoms with E-state index in [0.29, 0.717) is 10.6 Å². The lowest BCUT2D eigenvalue weighted by Crippen LogP contribution is -2.12. The van der Waals surface area contributed by atoms with Crippen molar-refractivity contribution in [1.82, 2.24) is 0 Å². The van der Waals surface area contributed by atoms with Crippen LogP contribution in [0.15, 0.2) is 53.0 Å². The van der Waals surface area contributed by atoms with Gasteiger partial charge < -0.3 is 10.4 Å². The number of benzene rings is 2.